The fourth-order valence-corrected chi connectivity index (χ4v) is 1.50. The predicted octanol–water partition coefficient (Wildman–Crippen LogP) is 3.43. The molecule has 0 aliphatic carbocycles. The van der Waals surface area contributed by atoms with E-state index in [9.17, 15) is 0 Å². The molecule has 1 aliphatic heterocycles. The van der Waals surface area contributed by atoms with Gasteiger partial charge in [0.15, 0.2) is 0 Å². The monoisotopic (exact) mass is 210 g/mol. The van der Waals surface area contributed by atoms with Gasteiger partial charge in [0, 0.05) is 6.32 Å². The molecule has 15 heavy (non-hydrogen) atoms. The third-order valence-electron chi connectivity index (χ3n) is 3.52. The summed E-state index contributed by atoms with van der Waals surface area (Å²) in [5.41, 5.74) is 0.988. The van der Waals surface area contributed by atoms with E-state index in [0.717, 1.165) is 12.7 Å². The van der Waals surface area contributed by atoms with Gasteiger partial charge in [0.2, 0.25) is 0 Å². The van der Waals surface area contributed by atoms with Crippen molar-refractivity contribution in [3.8, 4) is 0 Å². The van der Waals surface area contributed by atoms with Crippen LogP contribution in [0.3, 0.4) is 0 Å². The van der Waals surface area contributed by atoms with Crippen molar-refractivity contribution in [2.45, 2.75) is 65.5 Å². The molecule has 0 spiro atoms. The molecule has 0 N–H and O–H groups in total. The number of allylic oxidation sites excluding steroid dienone is 2. The molecule has 1 aliphatic rings. The summed E-state index contributed by atoms with van der Waals surface area (Å²) >= 11 is 0. The second-order valence-electron chi connectivity index (χ2n) is 5.33. The van der Waals surface area contributed by atoms with E-state index in [1.54, 1.807) is 0 Å². The van der Waals surface area contributed by atoms with Gasteiger partial charge in [0.05, 0.1) is 11.2 Å². The third kappa shape index (κ3) is 2.85. The van der Waals surface area contributed by atoms with Crippen LogP contribution in [0.25, 0.3) is 0 Å². The van der Waals surface area contributed by atoms with Gasteiger partial charge in [-0.25, -0.2) is 0 Å². The van der Waals surface area contributed by atoms with Crippen LogP contribution >= 0.6 is 0 Å². The zero-order valence-electron chi connectivity index (χ0n) is 10.9. The summed E-state index contributed by atoms with van der Waals surface area (Å²) in [6.45, 7) is 12.7. The molecule has 0 unspecified atom stereocenters. The van der Waals surface area contributed by atoms with E-state index in [4.69, 9.17) is 9.31 Å². The summed E-state index contributed by atoms with van der Waals surface area (Å²) in [4.78, 5) is 0. The number of hydrogen-bond acceptors (Lipinski definition) is 2. The lowest BCUT2D eigenvalue weighted by atomic mass is 9.84. The Morgan fingerprint density at radius 1 is 1.13 bits per heavy atom. The summed E-state index contributed by atoms with van der Waals surface area (Å²) in [5.74, 6) is 0. The standard InChI is InChI=1S/C12H23BO2/c1-7-10(2)8-9-13-14-11(3,4)12(5,6)15-13/h8H,7,9H2,1-6H3/b10-8+. The van der Waals surface area contributed by atoms with Gasteiger partial charge in [-0.1, -0.05) is 18.6 Å². The fraction of sp³-hybridized carbons (Fsp3) is 0.833. The minimum absolute atomic E-state index is 0.0866. The lowest BCUT2D eigenvalue weighted by molar-refractivity contribution is 0.00578. The number of hydrogen-bond donors (Lipinski definition) is 0. The molecule has 0 bridgehead atoms. The highest BCUT2D eigenvalue weighted by Crippen LogP contribution is 2.37. The molecule has 1 fully saturated rings. The summed E-state index contributed by atoms with van der Waals surface area (Å²) < 4.78 is 11.8. The minimum atomic E-state index is -0.203. The summed E-state index contributed by atoms with van der Waals surface area (Å²) in [7, 11) is -0.0866. The first-order valence-electron chi connectivity index (χ1n) is 5.80. The Hall–Kier alpha value is -0.275. The molecular formula is C12H23BO2. The van der Waals surface area contributed by atoms with E-state index in [0.29, 0.717) is 0 Å². The molecule has 0 atom stereocenters. The Morgan fingerprint density at radius 3 is 2.00 bits per heavy atom. The summed E-state index contributed by atoms with van der Waals surface area (Å²) in [6, 6.07) is 0. The van der Waals surface area contributed by atoms with Crippen molar-refractivity contribution in [1.82, 2.24) is 0 Å². The van der Waals surface area contributed by atoms with Crippen LogP contribution in [0.1, 0.15) is 48.0 Å². The van der Waals surface area contributed by atoms with Gasteiger partial charge in [-0.05, 0) is 41.0 Å². The van der Waals surface area contributed by atoms with Gasteiger partial charge in [0.25, 0.3) is 0 Å². The second-order valence-corrected chi connectivity index (χ2v) is 5.33. The molecule has 1 rings (SSSR count). The molecule has 1 heterocycles. The Balaban J connectivity index is 2.57. The van der Waals surface area contributed by atoms with E-state index in [1.165, 1.54) is 5.57 Å². The normalized spacial score (nSPS) is 24.7. The van der Waals surface area contributed by atoms with Crippen molar-refractivity contribution in [1.29, 1.82) is 0 Å². The fourth-order valence-electron chi connectivity index (χ4n) is 1.50. The van der Waals surface area contributed by atoms with Crippen LogP contribution in [0.4, 0.5) is 0 Å². The molecule has 0 aromatic rings. The first kappa shape index (κ1) is 12.8. The van der Waals surface area contributed by atoms with Gasteiger partial charge in [-0.15, -0.1) is 0 Å². The van der Waals surface area contributed by atoms with Crippen molar-refractivity contribution in [2.24, 2.45) is 0 Å². The zero-order chi connectivity index (χ0) is 11.7. The van der Waals surface area contributed by atoms with Gasteiger partial charge >= 0.3 is 7.12 Å². The summed E-state index contributed by atoms with van der Waals surface area (Å²) in [6.07, 6.45) is 4.16. The number of rotatable bonds is 3. The average molecular weight is 210 g/mol. The van der Waals surface area contributed by atoms with Crippen molar-refractivity contribution >= 4 is 7.12 Å². The van der Waals surface area contributed by atoms with Crippen molar-refractivity contribution < 1.29 is 9.31 Å². The minimum Gasteiger partial charge on any atom is -0.403 e. The SMILES string of the molecule is CC/C(C)=C/CB1OC(C)(C)C(C)(C)O1. The highest BCUT2D eigenvalue weighted by atomic mass is 16.7. The maximum Gasteiger partial charge on any atom is 0.461 e. The van der Waals surface area contributed by atoms with E-state index in [-0.39, 0.29) is 18.3 Å². The van der Waals surface area contributed by atoms with Crippen LogP contribution in [-0.2, 0) is 9.31 Å². The van der Waals surface area contributed by atoms with Crippen LogP contribution in [-0.4, -0.2) is 18.3 Å². The van der Waals surface area contributed by atoms with Crippen molar-refractivity contribution in [3.63, 3.8) is 0 Å². The maximum atomic E-state index is 5.89. The molecule has 0 saturated carbocycles. The maximum absolute atomic E-state index is 5.89. The lowest BCUT2D eigenvalue weighted by Crippen LogP contribution is -2.41. The highest BCUT2D eigenvalue weighted by Gasteiger charge is 2.50. The van der Waals surface area contributed by atoms with E-state index < -0.39 is 0 Å². The Bertz CT molecular complexity index is 240. The molecular weight excluding hydrogens is 187 g/mol. The zero-order valence-corrected chi connectivity index (χ0v) is 10.9. The van der Waals surface area contributed by atoms with Gasteiger partial charge in [-0.2, -0.15) is 0 Å². The van der Waals surface area contributed by atoms with Gasteiger partial charge in [-0.3, -0.25) is 0 Å². The summed E-state index contributed by atoms with van der Waals surface area (Å²) in [5, 5.41) is 0. The molecule has 1 saturated heterocycles. The smallest absolute Gasteiger partial charge is 0.403 e. The highest BCUT2D eigenvalue weighted by molar-refractivity contribution is 6.46. The van der Waals surface area contributed by atoms with E-state index in [2.05, 4.69) is 47.6 Å². The first-order chi connectivity index (χ1) is 6.78. The quantitative estimate of drug-likeness (QED) is 0.524. The van der Waals surface area contributed by atoms with Crippen LogP contribution < -0.4 is 0 Å². The Labute approximate surface area is 94.2 Å². The van der Waals surface area contributed by atoms with Gasteiger partial charge < -0.3 is 9.31 Å². The molecule has 0 aromatic carbocycles. The van der Waals surface area contributed by atoms with Crippen molar-refractivity contribution in [3.05, 3.63) is 11.6 Å². The molecule has 3 heteroatoms. The molecule has 0 aromatic heterocycles. The average Bonchev–Trinajstić information content (AvgIpc) is 2.31. The van der Waals surface area contributed by atoms with E-state index >= 15 is 0 Å². The Kier molecular flexibility index (Phi) is 3.67. The largest absolute Gasteiger partial charge is 0.461 e. The van der Waals surface area contributed by atoms with Crippen LogP contribution in [0, 0.1) is 0 Å². The topological polar surface area (TPSA) is 18.5 Å². The first-order valence-corrected chi connectivity index (χ1v) is 5.80. The molecule has 0 radical (unpaired) electrons. The lowest BCUT2D eigenvalue weighted by Gasteiger charge is -2.32. The van der Waals surface area contributed by atoms with Crippen molar-refractivity contribution in [2.75, 3.05) is 0 Å². The second kappa shape index (κ2) is 4.30. The van der Waals surface area contributed by atoms with Gasteiger partial charge in [0.1, 0.15) is 0 Å². The third-order valence-corrected chi connectivity index (χ3v) is 3.52. The van der Waals surface area contributed by atoms with Crippen LogP contribution in [0.2, 0.25) is 6.32 Å². The molecule has 86 valence electrons. The molecule has 0 amide bonds. The Morgan fingerprint density at radius 2 is 1.60 bits per heavy atom. The molecule has 2 nitrogen and oxygen atoms in total. The predicted molar refractivity (Wildman–Crippen MR) is 64.9 cm³/mol. The van der Waals surface area contributed by atoms with Crippen LogP contribution in [0.15, 0.2) is 11.6 Å². The van der Waals surface area contributed by atoms with Crippen LogP contribution in [0.5, 0.6) is 0 Å². The van der Waals surface area contributed by atoms with E-state index in [1.807, 2.05) is 0 Å².